The Morgan fingerprint density at radius 3 is 2.29 bits per heavy atom. The highest BCUT2D eigenvalue weighted by molar-refractivity contribution is 7.89. The van der Waals surface area contributed by atoms with Gasteiger partial charge in [-0.05, 0) is 66.6 Å². The normalized spacial score (nSPS) is 11.9. The molecule has 35 heavy (non-hydrogen) atoms. The van der Waals surface area contributed by atoms with Crippen molar-refractivity contribution in [3.63, 3.8) is 0 Å². The molecule has 0 bridgehead atoms. The van der Waals surface area contributed by atoms with Gasteiger partial charge in [0.2, 0.25) is 15.9 Å². The van der Waals surface area contributed by atoms with E-state index < -0.39 is 16.1 Å². The van der Waals surface area contributed by atoms with Crippen molar-refractivity contribution < 1.29 is 22.0 Å². The quantitative estimate of drug-likeness (QED) is 0.321. The van der Waals surface area contributed by atoms with Gasteiger partial charge in [-0.2, -0.15) is 4.31 Å². The molecule has 182 valence electrons. The second-order valence-electron chi connectivity index (χ2n) is 8.61. The molecule has 0 saturated carbocycles. The van der Waals surface area contributed by atoms with E-state index in [1.165, 1.54) is 27.6 Å². The summed E-state index contributed by atoms with van der Waals surface area (Å²) in [6.45, 7) is 3.48. The average molecular weight is 495 g/mol. The van der Waals surface area contributed by atoms with E-state index in [1.807, 2.05) is 24.3 Å². The van der Waals surface area contributed by atoms with Crippen LogP contribution < -0.4 is 0 Å². The number of fused-ring (bicyclic) bond motifs is 1. The molecule has 1 amide bonds. The number of hydrogen-bond acceptors (Lipinski definition) is 4. The van der Waals surface area contributed by atoms with Crippen molar-refractivity contribution in [3.8, 4) is 0 Å². The van der Waals surface area contributed by atoms with E-state index in [2.05, 4.69) is 0 Å². The van der Waals surface area contributed by atoms with E-state index in [0.29, 0.717) is 5.76 Å². The molecule has 1 heterocycles. The van der Waals surface area contributed by atoms with Crippen LogP contribution in [0.15, 0.2) is 94.4 Å². The maximum atomic E-state index is 13.6. The molecule has 6 nitrogen and oxygen atoms in total. The minimum absolute atomic E-state index is 0.133. The fourth-order valence-electron chi connectivity index (χ4n) is 3.87. The molecule has 0 atom stereocenters. The Morgan fingerprint density at radius 2 is 1.63 bits per heavy atom. The largest absolute Gasteiger partial charge is 0.467 e. The van der Waals surface area contributed by atoms with Gasteiger partial charge in [-0.3, -0.25) is 4.79 Å². The predicted molar refractivity (Wildman–Crippen MR) is 132 cm³/mol. The van der Waals surface area contributed by atoms with Gasteiger partial charge in [0.25, 0.3) is 0 Å². The lowest BCUT2D eigenvalue weighted by Crippen LogP contribution is -2.45. The topological polar surface area (TPSA) is 70.8 Å². The molecular weight excluding hydrogens is 467 g/mol. The summed E-state index contributed by atoms with van der Waals surface area (Å²) in [6.07, 6.45) is 1.51. The molecule has 0 spiro atoms. The van der Waals surface area contributed by atoms with Crippen molar-refractivity contribution in [1.29, 1.82) is 0 Å². The molecule has 0 N–H and O–H groups in total. The maximum absolute atomic E-state index is 13.6. The molecule has 0 saturated heterocycles. The Hall–Kier alpha value is -3.49. The summed E-state index contributed by atoms with van der Waals surface area (Å²) in [4.78, 5) is 15.1. The fourth-order valence-corrected chi connectivity index (χ4v) is 5.50. The van der Waals surface area contributed by atoms with E-state index in [9.17, 15) is 17.6 Å². The number of amides is 1. The highest BCUT2D eigenvalue weighted by Crippen LogP contribution is 2.24. The third kappa shape index (κ3) is 5.78. The summed E-state index contributed by atoms with van der Waals surface area (Å²) in [5.74, 6) is -0.192. The minimum Gasteiger partial charge on any atom is -0.467 e. The first-order valence-electron chi connectivity index (χ1n) is 11.3. The highest BCUT2D eigenvalue weighted by atomic mass is 32.2. The lowest BCUT2D eigenvalue weighted by atomic mass is 10.1. The summed E-state index contributed by atoms with van der Waals surface area (Å²) in [6, 6.07) is 21.3. The summed E-state index contributed by atoms with van der Waals surface area (Å²) < 4.78 is 47.2. The Morgan fingerprint density at radius 1 is 0.914 bits per heavy atom. The van der Waals surface area contributed by atoms with Crippen LogP contribution in [0.3, 0.4) is 0 Å². The molecule has 4 aromatic rings. The van der Waals surface area contributed by atoms with Gasteiger partial charge in [-0.15, -0.1) is 0 Å². The first-order valence-corrected chi connectivity index (χ1v) is 12.7. The van der Waals surface area contributed by atoms with E-state index in [-0.39, 0.29) is 36.3 Å². The molecule has 3 aromatic carbocycles. The Balaban J connectivity index is 1.61. The van der Waals surface area contributed by atoms with E-state index in [4.69, 9.17) is 4.42 Å². The van der Waals surface area contributed by atoms with Crippen LogP contribution in [0.25, 0.3) is 10.8 Å². The molecule has 0 aliphatic rings. The van der Waals surface area contributed by atoms with E-state index >= 15 is 0 Å². The lowest BCUT2D eigenvalue weighted by Gasteiger charge is -2.29. The smallest absolute Gasteiger partial charge is 0.243 e. The molecule has 8 heteroatoms. The number of hydrogen-bond donors (Lipinski definition) is 0. The molecule has 0 unspecified atom stereocenters. The Labute approximate surface area is 204 Å². The van der Waals surface area contributed by atoms with Crippen molar-refractivity contribution in [1.82, 2.24) is 9.21 Å². The van der Waals surface area contributed by atoms with Gasteiger partial charge >= 0.3 is 0 Å². The van der Waals surface area contributed by atoms with Crippen LogP contribution in [-0.4, -0.2) is 36.1 Å². The first kappa shape index (κ1) is 24.6. The second kappa shape index (κ2) is 10.4. The van der Waals surface area contributed by atoms with Gasteiger partial charge < -0.3 is 9.32 Å². The van der Waals surface area contributed by atoms with Crippen LogP contribution in [0.4, 0.5) is 4.39 Å². The lowest BCUT2D eigenvalue weighted by molar-refractivity contribution is -0.133. The summed E-state index contributed by atoms with van der Waals surface area (Å²) in [5.41, 5.74) is 0.722. The van der Waals surface area contributed by atoms with Crippen LogP contribution >= 0.6 is 0 Å². The number of halogens is 1. The maximum Gasteiger partial charge on any atom is 0.243 e. The summed E-state index contributed by atoms with van der Waals surface area (Å²) in [7, 11) is -3.95. The number of carbonyl (C=O) groups excluding carboxylic acids is 1. The standard InChI is InChI=1S/C27H27FN2O4S/c1-20(2)30(35(32,33)26-14-11-22-6-3-4-7-23(22)16-26)19-27(31)29(18-25-8-5-15-34-25)17-21-9-12-24(28)13-10-21/h3-16,20H,17-19H2,1-2H3. The van der Waals surface area contributed by atoms with Gasteiger partial charge in [0, 0.05) is 12.6 Å². The number of nitrogens with zero attached hydrogens (tertiary/aromatic N) is 2. The zero-order valence-electron chi connectivity index (χ0n) is 19.6. The summed E-state index contributed by atoms with van der Waals surface area (Å²) in [5, 5.41) is 1.74. The van der Waals surface area contributed by atoms with Crippen LogP contribution in [0, 0.1) is 5.82 Å². The van der Waals surface area contributed by atoms with Crippen LogP contribution in [0.1, 0.15) is 25.2 Å². The third-order valence-electron chi connectivity index (χ3n) is 5.76. The van der Waals surface area contributed by atoms with Crippen molar-refractivity contribution in [2.45, 2.75) is 37.9 Å². The second-order valence-corrected chi connectivity index (χ2v) is 10.5. The SMILES string of the molecule is CC(C)N(CC(=O)N(Cc1ccc(F)cc1)Cc1ccco1)S(=O)(=O)c1ccc2ccccc2c1. The summed E-state index contributed by atoms with van der Waals surface area (Å²) >= 11 is 0. The molecular formula is C27H27FN2O4S. The Bertz CT molecular complexity index is 1400. The highest BCUT2D eigenvalue weighted by Gasteiger charge is 2.31. The number of furan rings is 1. The van der Waals surface area contributed by atoms with Gasteiger partial charge in [0.1, 0.15) is 11.6 Å². The van der Waals surface area contributed by atoms with Crippen LogP contribution in [-0.2, 0) is 27.9 Å². The molecule has 0 aliphatic carbocycles. The van der Waals surface area contributed by atoms with Crippen LogP contribution in [0.5, 0.6) is 0 Å². The number of sulfonamides is 1. The third-order valence-corrected chi connectivity index (χ3v) is 7.78. The first-order chi connectivity index (χ1) is 16.7. The van der Waals surface area contributed by atoms with Gasteiger partial charge in [-0.25, -0.2) is 12.8 Å². The zero-order chi connectivity index (χ0) is 25.0. The molecule has 0 radical (unpaired) electrons. The van der Waals surface area contributed by atoms with Gasteiger partial charge in [0.05, 0.1) is 24.2 Å². The predicted octanol–water partition coefficient (Wildman–Crippen LogP) is 5.20. The average Bonchev–Trinajstić information content (AvgIpc) is 3.36. The van der Waals surface area contributed by atoms with E-state index in [1.54, 1.807) is 56.3 Å². The molecule has 0 fully saturated rings. The monoisotopic (exact) mass is 494 g/mol. The molecule has 1 aromatic heterocycles. The van der Waals surface area contributed by atoms with Crippen molar-refractivity contribution >= 4 is 26.7 Å². The number of carbonyl (C=O) groups is 1. The number of benzene rings is 3. The van der Waals surface area contributed by atoms with Gasteiger partial charge in [-0.1, -0.05) is 42.5 Å². The zero-order valence-corrected chi connectivity index (χ0v) is 20.4. The van der Waals surface area contributed by atoms with Crippen LogP contribution in [0.2, 0.25) is 0 Å². The Kier molecular flexibility index (Phi) is 7.33. The van der Waals surface area contributed by atoms with Crippen molar-refractivity contribution in [3.05, 3.63) is 102 Å². The number of rotatable bonds is 9. The fraction of sp³-hybridized carbons (Fsp3) is 0.222. The van der Waals surface area contributed by atoms with Crippen molar-refractivity contribution in [2.24, 2.45) is 0 Å². The molecule has 4 rings (SSSR count). The van der Waals surface area contributed by atoms with E-state index in [0.717, 1.165) is 16.3 Å². The van der Waals surface area contributed by atoms with Crippen molar-refractivity contribution in [2.75, 3.05) is 6.54 Å². The van der Waals surface area contributed by atoms with Gasteiger partial charge in [0.15, 0.2) is 0 Å². The molecule has 0 aliphatic heterocycles. The minimum atomic E-state index is -3.95.